The number of rotatable bonds is 2. The van der Waals surface area contributed by atoms with Gasteiger partial charge in [0, 0.05) is 32.0 Å². The summed E-state index contributed by atoms with van der Waals surface area (Å²) in [4.78, 5) is 13.4. The minimum absolute atomic E-state index is 0.114. The van der Waals surface area contributed by atoms with Gasteiger partial charge < -0.3 is 15.4 Å². The quantitative estimate of drug-likeness (QED) is 0.882. The molecule has 1 amide bonds. The number of methoxy groups -OCH3 is 1. The predicted octanol–water partition coefficient (Wildman–Crippen LogP) is 1.67. The van der Waals surface area contributed by atoms with Crippen LogP contribution in [0.1, 0.15) is 30.4 Å². The number of carbonyl (C=O) groups is 1. The number of nitrogens with two attached hydrogens (primary N) is 1. The van der Waals surface area contributed by atoms with Gasteiger partial charge in [-0.05, 0) is 36.6 Å². The summed E-state index contributed by atoms with van der Waals surface area (Å²) in [6.07, 6.45) is 0.857. The molecule has 0 radical (unpaired) electrons. The maximum Gasteiger partial charge on any atom is 0.219 e. The van der Waals surface area contributed by atoms with Gasteiger partial charge in [0.1, 0.15) is 5.75 Å². The fourth-order valence-corrected chi connectivity index (χ4v) is 2.78. The Morgan fingerprint density at radius 1 is 1.47 bits per heavy atom. The zero-order valence-corrected chi connectivity index (χ0v) is 11.8. The van der Waals surface area contributed by atoms with Crippen molar-refractivity contribution >= 4 is 5.91 Å². The fourth-order valence-electron chi connectivity index (χ4n) is 2.78. The minimum Gasteiger partial charge on any atom is -0.497 e. The van der Waals surface area contributed by atoms with Gasteiger partial charge in [-0.1, -0.05) is 6.07 Å². The molecule has 2 atom stereocenters. The van der Waals surface area contributed by atoms with E-state index < -0.39 is 0 Å². The minimum atomic E-state index is 0.114. The van der Waals surface area contributed by atoms with E-state index in [9.17, 15) is 4.79 Å². The van der Waals surface area contributed by atoms with Crippen LogP contribution in [0.25, 0.3) is 0 Å². The number of likely N-dealkylation sites (tertiary alicyclic amines) is 1. The van der Waals surface area contributed by atoms with Crippen LogP contribution in [0.3, 0.4) is 0 Å². The monoisotopic (exact) mass is 262 g/mol. The molecule has 104 valence electrons. The van der Waals surface area contributed by atoms with E-state index in [-0.39, 0.29) is 17.9 Å². The molecule has 1 fully saturated rings. The van der Waals surface area contributed by atoms with Crippen molar-refractivity contribution in [2.24, 2.45) is 5.73 Å². The van der Waals surface area contributed by atoms with Crippen molar-refractivity contribution in [3.05, 3.63) is 29.3 Å². The molecule has 2 unspecified atom stereocenters. The molecule has 1 aromatic rings. The number of hydrogen-bond donors (Lipinski definition) is 1. The van der Waals surface area contributed by atoms with Crippen LogP contribution in [0.5, 0.6) is 5.75 Å². The highest BCUT2D eigenvalue weighted by Crippen LogP contribution is 2.30. The van der Waals surface area contributed by atoms with Crippen LogP contribution in [-0.4, -0.2) is 37.0 Å². The van der Waals surface area contributed by atoms with E-state index in [1.54, 1.807) is 14.0 Å². The van der Waals surface area contributed by atoms with Crippen molar-refractivity contribution in [1.82, 2.24) is 4.90 Å². The second-order valence-corrected chi connectivity index (χ2v) is 5.25. The van der Waals surface area contributed by atoms with Gasteiger partial charge in [0.05, 0.1) is 7.11 Å². The highest BCUT2D eigenvalue weighted by molar-refractivity contribution is 5.73. The summed E-state index contributed by atoms with van der Waals surface area (Å²) in [6, 6.07) is 6.17. The molecule has 1 saturated heterocycles. The van der Waals surface area contributed by atoms with E-state index >= 15 is 0 Å². The lowest BCUT2D eigenvalue weighted by atomic mass is 9.84. The lowest BCUT2D eigenvalue weighted by Crippen LogP contribution is -2.47. The van der Waals surface area contributed by atoms with E-state index in [2.05, 4.69) is 13.0 Å². The Labute approximate surface area is 114 Å². The Balaban J connectivity index is 2.25. The molecule has 1 aromatic carbocycles. The maximum absolute atomic E-state index is 11.5. The summed E-state index contributed by atoms with van der Waals surface area (Å²) in [5, 5.41) is 0. The molecule has 4 nitrogen and oxygen atoms in total. The van der Waals surface area contributed by atoms with Gasteiger partial charge in [0.15, 0.2) is 0 Å². The average molecular weight is 262 g/mol. The third-order valence-electron chi connectivity index (χ3n) is 3.99. The summed E-state index contributed by atoms with van der Waals surface area (Å²) >= 11 is 0. The van der Waals surface area contributed by atoms with Crippen LogP contribution < -0.4 is 10.5 Å². The Hall–Kier alpha value is -1.55. The molecule has 0 aliphatic carbocycles. The largest absolute Gasteiger partial charge is 0.497 e. The van der Waals surface area contributed by atoms with Crippen LogP contribution in [0.15, 0.2) is 18.2 Å². The predicted molar refractivity (Wildman–Crippen MR) is 75.3 cm³/mol. The Bertz CT molecular complexity index is 473. The Kier molecular flexibility index (Phi) is 4.10. The lowest BCUT2D eigenvalue weighted by Gasteiger charge is -2.37. The second-order valence-electron chi connectivity index (χ2n) is 5.25. The first kappa shape index (κ1) is 13.9. The molecule has 1 heterocycles. The summed E-state index contributed by atoms with van der Waals surface area (Å²) in [5.74, 6) is 1.20. The van der Waals surface area contributed by atoms with Crippen molar-refractivity contribution in [2.75, 3.05) is 20.2 Å². The first-order chi connectivity index (χ1) is 9.02. The van der Waals surface area contributed by atoms with Crippen LogP contribution in [0, 0.1) is 6.92 Å². The van der Waals surface area contributed by atoms with E-state index in [1.165, 1.54) is 11.1 Å². The van der Waals surface area contributed by atoms with E-state index in [4.69, 9.17) is 10.5 Å². The third-order valence-corrected chi connectivity index (χ3v) is 3.99. The molecule has 1 aliphatic rings. The van der Waals surface area contributed by atoms with Crippen LogP contribution in [0.2, 0.25) is 0 Å². The number of benzene rings is 1. The molecule has 0 bridgehead atoms. The van der Waals surface area contributed by atoms with Gasteiger partial charge in [-0.2, -0.15) is 0 Å². The third kappa shape index (κ3) is 2.89. The lowest BCUT2D eigenvalue weighted by molar-refractivity contribution is -0.130. The van der Waals surface area contributed by atoms with Crippen molar-refractivity contribution < 1.29 is 9.53 Å². The molecule has 2 N–H and O–H groups in total. The van der Waals surface area contributed by atoms with E-state index in [0.717, 1.165) is 18.7 Å². The van der Waals surface area contributed by atoms with Crippen LogP contribution >= 0.6 is 0 Å². The zero-order valence-electron chi connectivity index (χ0n) is 11.8. The molecular weight excluding hydrogens is 240 g/mol. The second kappa shape index (κ2) is 5.61. The van der Waals surface area contributed by atoms with Gasteiger partial charge in [-0.3, -0.25) is 4.79 Å². The topological polar surface area (TPSA) is 55.6 Å². The number of hydrogen-bond acceptors (Lipinski definition) is 3. The number of carbonyl (C=O) groups excluding carboxylic acids is 1. The highest BCUT2D eigenvalue weighted by atomic mass is 16.5. The number of ether oxygens (including phenoxy) is 1. The van der Waals surface area contributed by atoms with E-state index in [0.29, 0.717) is 6.54 Å². The summed E-state index contributed by atoms with van der Waals surface area (Å²) in [5.41, 5.74) is 8.64. The van der Waals surface area contributed by atoms with Crippen molar-refractivity contribution in [1.29, 1.82) is 0 Å². The number of aryl methyl sites for hydroxylation is 1. The van der Waals surface area contributed by atoms with Crippen LogP contribution in [-0.2, 0) is 4.79 Å². The van der Waals surface area contributed by atoms with Crippen molar-refractivity contribution in [3.8, 4) is 5.75 Å². The molecule has 4 heteroatoms. The number of nitrogens with zero attached hydrogens (tertiary/aromatic N) is 1. The maximum atomic E-state index is 11.5. The van der Waals surface area contributed by atoms with Crippen LogP contribution in [0.4, 0.5) is 0 Å². The molecule has 2 rings (SSSR count). The van der Waals surface area contributed by atoms with Gasteiger partial charge in [0.25, 0.3) is 0 Å². The van der Waals surface area contributed by atoms with Gasteiger partial charge >= 0.3 is 0 Å². The summed E-state index contributed by atoms with van der Waals surface area (Å²) in [6.45, 7) is 5.16. The SMILES string of the molecule is COc1ccc(C2CN(C(C)=O)CCC2N)c(C)c1. The summed E-state index contributed by atoms with van der Waals surface area (Å²) < 4.78 is 5.23. The van der Waals surface area contributed by atoms with Gasteiger partial charge in [-0.15, -0.1) is 0 Å². The molecule has 0 spiro atoms. The molecule has 0 aromatic heterocycles. The molecule has 19 heavy (non-hydrogen) atoms. The zero-order chi connectivity index (χ0) is 14.0. The van der Waals surface area contributed by atoms with Gasteiger partial charge in [0.2, 0.25) is 5.91 Å². The fraction of sp³-hybridized carbons (Fsp3) is 0.533. The molecule has 1 aliphatic heterocycles. The Morgan fingerprint density at radius 2 is 2.21 bits per heavy atom. The number of piperidine rings is 1. The first-order valence-electron chi connectivity index (χ1n) is 6.68. The molecule has 0 saturated carbocycles. The van der Waals surface area contributed by atoms with Crippen molar-refractivity contribution in [2.45, 2.75) is 32.2 Å². The van der Waals surface area contributed by atoms with E-state index in [1.807, 2.05) is 17.0 Å². The Morgan fingerprint density at radius 3 is 2.79 bits per heavy atom. The number of amides is 1. The highest BCUT2D eigenvalue weighted by Gasteiger charge is 2.29. The average Bonchev–Trinajstić information content (AvgIpc) is 2.39. The molecular formula is C15H22N2O2. The normalized spacial score (nSPS) is 23.3. The first-order valence-corrected chi connectivity index (χ1v) is 6.68. The van der Waals surface area contributed by atoms with Crippen molar-refractivity contribution in [3.63, 3.8) is 0 Å². The summed E-state index contributed by atoms with van der Waals surface area (Å²) in [7, 11) is 1.66. The standard InChI is InChI=1S/C15H22N2O2/c1-10-8-12(19-3)4-5-13(10)14-9-17(11(2)18)7-6-15(14)16/h4-5,8,14-15H,6-7,9,16H2,1-3H3. The van der Waals surface area contributed by atoms with Gasteiger partial charge in [-0.25, -0.2) is 0 Å². The smallest absolute Gasteiger partial charge is 0.219 e.